The Balaban J connectivity index is 1.84. The first-order valence-electron chi connectivity index (χ1n) is 5.75. The Labute approximate surface area is 114 Å². The van der Waals surface area contributed by atoms with E-state index in [4.69, 9.17) is 0 Å². The molecule has 0 spiro atoms. The molecule has 3 aromatic rings. The lowest BCUT2D eigenvalue weighted by molar-refractivity contribution is 1.06. The van der Waals surface area contributed by atoms with Gasteiger partial charge in [-0.15, -0.1) is 11.3 Å². The zero-order chi connectivity index (χ0) is 12.4. The molecule has 0 bridgehead atoms. The Morgan fingerprint density at radius 2 is 2.06 bits per heavy atom. The normalized spacial score (nSPS) is 12.7. The van der Waals surface area contributed by atoms with Crippen LogP contribution in [0.25, 0.3) is 10.2 Å². The minimum absolute atomic E-state index is 0.374. The molecule has 4 heteroatoms. The summed E-state index contributed by atoms with van der Waals surface area (Å²) in [6.45, 7) is 2.19. The van der Waals surface area contributed by atoms with Crippen LogP contribution in [0.5, 0.6) is 0 Å². The number of nitrogens with zero attached hydrogens (tertiary/aromatic N) is 2. The van der Waals surface area contributed by atoms with Crippen LogP contribution in [-0.2, 0) is 0 Å². The molecule has 0 aliphatic heterocycles. The van der Waals surface area contributed by atoms with Crippen molar-refractivity contribution in [3.05, 3.63) is 54.4 Å². The quantitative estimate of drug-likeness (QED) is 0.654. The Kier molecular flexibility index (Phi) is 3.30. The number of para-hydroxylation sites is 1. The van der Waals surface area contributed by atoms with Gasteiger partial charge >= 0.3 is 0 Å². The van der Waals surface area contributed by atoms with Crippen molar-refractivity contribution in [1.82, 2.24) is 9.97 Å². The summed E-state index contributed by atoms with van der Waals surface area (Å²) in [4.78, 5) is 8.80. The van der Waals surface area contributed by atoms with Gasteiger partial charge in [-0.05, 0) is 30.7 Å². The van der Waals surface area contributed by atoms with Crippen LogP contribution < -0.4 is 0 Å². The molecule has 0 aliphatic rings. The highest BCUT2D eigenvalue weighted by Crippen LogP contribution is 2.38. The third-order valence-corrected chi connectivity index (χ3v) is 4.99. The average molecular weight is 272 g/mol. The molecule has 2 nitrogen and oxygen atoms in total. The van der Waals surface area contributed by atoms with E-state index in [1.54, 1.807) is 29.3 Å². The number of aromatic nitrogens is 2. The topological polar surface area (TPSA) is 25.8 Å². The molecular formula is C14H12N2S2. The highest BCUT2D eigenvalue weighted by atomic mass is 32.2. The van der Waals surface area contributed by atoms with Gasteiger partial charge in [0.1, 0.15) is 0 Å². The Morgan fingerprint density at radius 3 is 2.83 bits per heavy atom. The predicted octanol–water partition coefficient (Wildman–Crippen LogP) is 4.54. The van der Waals surface area contributed by atoms with Gasteiger partial charge in [0.2, 0.25) is 0 Å². The highest BCUT2D eigenvalue weighted by Gasteiger charge is 2.11. The summed E-state index contributed by atoms with van der Waals surface area (Å²) in [6.07, 6.45) is 3.73. The Morgan fingerprint density at radius 1 is 1.17 bits per heavy atom. The van der Waals surface area contributed by atoms with Crippen LogP contribution in [0.2, 0.25) is 0 Å². The van der Waals surface area contributed by atoms with Crippen molar-refractivity contribution in [2.75, 3.05) is 0 Å². The zero-order valence-corrected chi connectivity index (χ0v) is 11.5. The maximum absolute atomic E-state index is 4.64. The van der Waals surface area contributed by atoms with Crippen LogP contribution >= 0.6 is 23.1 Å². The fourth-order valence-corrected chi connectivity index (χ4v) is 4.06. The van der Waals surface area contributed by atoms with E-state index in [0.717, 1.165) is 9.86 Å². The van der Waals surface area contributed by atoms with E-state index >= 15 is 0 Å². The molecule has 18 heavy (non-hydrogen) atoms. The minimum Gasteiger partial charge on any atom is -0.264 e. The van der Waals surface area contributed by atoms with Crippen LogP contribution in [-0.4, -0.2) is 9.97 Å². The molecule has 0 N–H and O–H groups in total. The van der Waals surface area contributed by atoms with Gasteiger partial charge in [-0.25, -0.2) is 4.98 Å². The fraction of sp³-hybridized carbons (Fsp3) is 0.143. The molecule has 90 valence electrons. The molecule has 2 aromatic heterocycles. The van der Waals surface area contributed by atoms with Crippen LogP contribution in [0, 0.1) is 0 Å². The molecule has 0 saturated heterocycles. The van der Waals surface area contributed by atoms with Gasteiger partial charge in [-0.3, -0.25) is 4.98 Å². The average Bonchev–Trinajstić information content (AvgIpc) is 2.82. The highest BCUT2D eigenvalue weighted by molar-refractivity contribution is 8.01. The molecular weight excluding hydrogens is 260 g/mol. The number of rotatable bonds is 3. The minimum atomic E-state index is 0.374. The lowest BCUT2D eigenvalue weighted by Gasteiger charge is -2.07. The summed E-state index contributed by atoms with van der Waals surface area (Å²) in [7, 11) is 0. The van der Waals surface area contributed by atoms with Gasteiger partial charge in [0, 0.05) is 17.6 Å². The second kappa shape index (κ2) is 5.08. The summed E-state index contributed by atoms with van der Waals surface area (Å²) in [5.74, 6) is 0. The van der Waals surface area contributed by atoms with E-state index in [1.165, 1.54) is 10.3 Å². The molecule has 1 atom stereocenters. The first-order valence-corrected chi connectivity index (χ1v) is 7.45. The SMILES string of the molecule is CC(Sc1nc2ccccc2s1)c1cccnc1. The van der Waals surface area contributed by atoms with Crippen LogP contribution in [0.15, 0.2) is 53.1 Å². The van der Waals surface area contributed by atoms with Crippen molar-refractivity contribution >= 4 is 33.3 Å². The van der Waals surface area contributed by atoms with Crippen molar-refractivity contribution in [1.29, 1.82) is 0 Å². The maximum atomic E-state index is 4.64. The summed E-state index contributed by atoms with van der Waals surface area (Å²) < 4.78 is 2.37. The first-order chi connectivity index (χ1) is 8.83. The smallest absolute Gasteiger partial charge is 0.151 e. The van der Waals surface area contributed by atoms with E-state index in [-0.39, 0.29) is 0 Å². The molecule has 0 fully saturated rings. The predicted molar refractivity (Wildman–Crippen MR) is 78.1 cm³/mol. The van der Waals surface area contributed by atoms with Gasteiger partial charge in [0.15, 0.2) is 4.34 Å². The largest absolute Gasteiger partial charge is 0.264 e. The summed E-state index contributed by atoms with van der Waals surface area (Å²) >= 11 is 3.54. The maximum Gasteiger partial charge on any atom is 0.151 e. The van der Waals surface area contributed by atoms with E-state index < -0.39 is 0 Å². The van der Waals surface area contributed by atoms with Crippen molar-refractivity contribution in [2.45, 2.75) is 16.5 Å². The zero-order valence-electron chi connectivity index (χ0n) is 9.91. The first kappa shape index (κ1) is 11.7. The van der Waals surface area contributed by atoms with Crippen LogP contribution in [0.1, 0.15) is 17.7 Å². The third-order valence-electron chi connectivity index (χ3n) is 2.71. The second-order valence-electron chi connectivity index (χ2n) is 3.99. The van der Waals surface area contributed by atoms with E-state index in [2.05, 4.69) is 41.2 Å². The van der Waals surface area contributed by atoms with Gasteiger partial charge in [0.05, 0.1) is 10.2 Å². The van der Waals surface area contributed by atoms with Crippen molar-refractivity contribution in [3.8, 4) is 0 Å². The van der Waals surface area contributed by atoms with E-state index in [1.807, 2.05) is 18.3 Å². The number of fused-ring (bicyclic) bond motifs is 1. The molecule has 0 amide bonds. The van der Waals surface area contributed by atoms with Gasteiger partial charge in [-0.1, -0.05) is 30.0 Å². The number of benzene rings is 1. The van der Waals surface area contributed by atoms with E-state index in [0.29, 0.717) is 5.25 Å². The lowest BCUT2D eigenvalue weighted by atomic mass is 10.2. The van der Waals surface area contributed by atoms with Gasteiger partial charge in [-0.2, -0.15) is 0 Å². The number of thioether (sulfide) groups is 1. The van der Waals surface area contributed by atoms with Crippen molar-refractivity contribution in [3.63, 3.8) is 0 Å². The molecule has 0 aliphatic carbocycles. The van der Waals surface area contributed by atoms with Crippen LogP contribution in [0.3, 0.4) is 0 Å². The number of hydrogen-bond acceptors (Lipinski definition) is 4. The number of thiazole rings is 1. The molecule has 2 heterocycles. The number of hydrogen-bond donors (Lipinski definition) is 0. The Hall–Kier alpha value is -1.39. The second-order valence-corrected chi connectivity index (χ2v) is 6.61. The Bertz CT molecular complexity index is 616. The van der Waals surface area contributed by atoms with Crippen molar-refractivity contribution < 1.29 is 0 Å². The standard InChI is InChI=1S/C14H12N2S2/c1-10(11-5-4-8-15-9-11)17-14-16-12-6-2-3-7-13(12)18-14/h2-10H,1H3. The van der Waals surface area contributed by atoms with Gasteiger partial charge < -0.3 is 0 Å². The molecule has 0 saturated carbocycles. The number of pyridine rings is 1. The van der Waals surface area contributed by atoms with Crippen LogP contribution in [0.4, 0.5) is 0 Å². The van der Waals surface area contributed by atoms with Crippen molar-refractivity contribution in [2.24, 2.45) is 0 Å². The monoisotopic (exact) mass is 272 g/mol. The molecule has 1 unspecified atom stereocenters. The summed E-state index contributed by atoms with van der Waals surface area (Å²) in [5.41, 5.74) is 2.32. The summed E-state index contributed by atoms with van der Waals surface area (Å²) in [6, 6.07) is 12.3. The molecule has 3 rings (SSSR count). The molecule has 0 radical (unpaired) electrons. The lowest BCUT2D eigenvalue weighted by Crippen LogP contribution is -1.88. The van der Waals surface area contributed by atoms with Gasteiger partial charge in [0.25, 0.3) is 0 Å². The van der Waals surface area contributed by atoms with E-state index in [9.17, 15) is 0 Å². The fourth-order valence-electron chi connectivity index (χ4n) is 1.74. The summed E-state index contributed by atoms with van der Waals surface area (Å²) in [5, 5.41) is 0.374. The molecule has 1 aromatic carbocycles. The third kappa shape index (κ3) is 2.40.